The Morgan fingerprint density at radius 1 is 0.957 bits per heavy atom. The number of hydrogen-bond donors (Lipinski definition) is 0. The Morgan fingerprint density at radius 3 is 2.61 bits per heavy atom. The monoisotopic (exact) mass is 306 g/mol. The lowest BCUT2D eigenvalue weighted by Gasteiger charge is -2.28. The highest BCUT2D eigenvalue weighted by atomic mass is 16.5. The summed E-state index contributed by atoms with van der Waals surface area (Å²) in [4.78, 5) is 0. The van der Waals surface area contributed by atoms with Gasteiger partial charge in [0, 0.05) is 12.3 Å². The van der Waals surface area contributed by atoms with Gasteiger partial charge >= 0.3 is 0 Å². The van der Waals surface area contributed by atoms with Gasteiger partial charge in [-0.25, -0.2) is 0 Å². The molecule has 2 aromatic rings. The molecule has 1 heterocycles. The van der Waals surface area contributed by atoms with Gasteiger partial charge in [-0.1, -0.05) is 49.7 Å². The van der Waals surface area contributed by atoms with Gasteiger partial charge in [-0.15, -0.1) is 0 Å². The van der Waals surface area contributed by atoms with Crippen molar-refractivity contribution in [1.29, 1.82) is 0 Å². The summed E-state index contributed by atoms with van der Waals surface area (Å²) in [6.45, 7) is 3.07. The van der Waals surface area contributed by atoms with E-state index in [0.29, 0.717) is 12.8 Å². The van der Waals surface area contributed by atoms with Gasteiger partial charge in [0.05, 0.1) is 5.56 Å². The van der Waals surface area contributed by atoms with Crippen LogP contribution in [0.5, 0.6) is 5.75 Å². The van der Waals surface area contributed by atoms with Gasteiger partial charge in [-0.05, 0) is 36.1 Å². The normalized spacial score (nSPS) is 23.6. The fourth-order valence-corrected chi connectivity index (χ4v) is 3.93. The summed E-state index contributed by atoms with van der Waals surface area (Å²) in [7, 11) is 0. The second-order valence-electron chi connectivity index (χ2n) is 6.86. The van der Waals surface area contributed by atoms with E-state index in [1.807, 2.05) is 0 Å². The molecule has 0 aromatic heterocycles. The van der Waals surface area contributed by atoms with Gasteiger partial charge in [0.1, 0.15) is 5.75 Å². The summed E-state index contributed by atoms with van der Waals surface area (Å²) in [5.74, 6) is 1.76. The Balaban J connectivity index is 1.67. The van der Waals surface area contributed by atoms with Crippen LogP contribution in [0.4, 0.5) is 0 Å². The molecular weight excluding hydrogens is 282 g/mol. The molecule has 4 rings (SSSR count). The predicted molar refractivity (Wildman–Crippen MR) is 94.2 cm³/mol. The fraction of sp³-hybridized carbons (Fsp3) is 0.381. The highest BCUT2D eigenvalue weighted by Crippen LogP contribution is 2.30. The molecule has 2 unspecified atom stereocenters. The number of benzene rings is 2. The standard InChI is InChI=1S/C21H24NO/c1-16-7-5-6-10-20(16)22-14-19-13-18(11-12-21(19)23-15-22)17-8-3-2-4-9-17/h2-4,8-9,11-14,16,20H,5-7,10,15H2,1H3/q+1. The lowest BCUT2D eigenvalue weighted by atomic mass is 9.85. The minimum atomic E-state index is 0.622. The Morgan fingerprint density at radius 2 is 1.78 bits per heavy atom. The maximum atomic E-state index is 6.02. The first-order valence-corrected chi connectivity index (χ1v) is 8.74. The topological polar surface area (TPSA) is 12.2 Å². The Hall–Kier alpha value is -2.09. The zero-order chi connectivity index (χ0) is 15.6. The molecule has 1 aliphatic carbocycles. The van der Waals surface area contributed by atoms with Crippen LogP contribution in [0.15, 0.2) is 48.5 Å². The van der Waals surface area contributed by atoms with E-state index in [4.69, 9.17) is 4.74 Å². The van der Waals surface area contributed by atoms with E-state index in [1.54, 1.807) is 0 Å². The third-order valence-electron chi connectivity index (χ3n) is 5.28. The van der Waals surface area contributed by atoms with Crippen LogP contribution >= 0.6 is 0 Å². The molecule has 1 saturated carbocycles. The van der Waals surface area contributed by atoms with Gasteiger partial charge in [0.25, 0.3) is 6.73 Å². The van der Waals surface area contributed by atoms with Crippen LogP contribution in [0.25, 0.3) is 11.1 Å². The summed E-state index contributed by atoms with van der Waals surface area (Å²) in [5, 5.41) is 0. The third-order valence-corrected chi connectivity index (χ3v) is 5.28. The average molecular weight is 306 g/mol. The Labute approximate surface area is 138 Å². The van der Waals surface area contributed by atoms with Gasteiger partial charge in [0.15, 0.2) is 12.3 Å². The molecule has 2 aliphatic rings. The summed E-state index contributed by atoms with van der Waals surface area (Å²) < 4.78 is 8.44. The van der Waals surface area contributed by atoms with E-state index in [2.05, 4.69) is 66.2 Å². The van der Waals surface area contributed by atoms with Crippen molar-refractivity contribution in [1.82, 2.24) is 0 Å². The third kappa shape index (κ3) is 2.90. The van der Waals surface area contributed by atoms with Crippen molar-refractivity contribution in [2.24, 2.45) is 5.92 Å². The van der Waals surface area contributed by atoms with Crippen molar-refractivity contribution >= 4 is 6.21 Å². The Kier molecular flexibility index (Phi) is 3.90. The first-order chi connectivity index (χ1) is 11.3. The van der Waals surface area contributed by atoms with E-state index < -0.39 is 0 Å². The average Bonchev–Trinajstić information content (AvgIpc) is 2.62. The molecule has 0 bridgehead atoms. The summed E-state index contributed by atoms with van der Waals surface area (Å²) in [5.41, 5.74) is 3.71. The molecule has 0 amide bonds. The lowest BCUT2D eigenvalue weighted by molar-refractivity contribution is -0.601. The molecule has 118 valence electrons. The van der Waals surface area contributed by atoms with Crippen molar-refractivity contribution < 1.29 is 9.31 Å². The van der Waals surface area contributed by atoms with Crippen LogP contribution in [0.3, 0.4) is 0 Å². The van der Waals surface area contributed by atoms with Gasteiger partial charge in [-0.2, -0.15) is 4.58 Å². The maximum Gasteiger partial charge on any atom is 0.287 e. The van der Waals surface area contributed by atoms with Crippen LogP contribution < -0.4 is 4.74 Å². The van der Waals surface area contributed by atoms with Crippen LogP contribution in [-0.2, 0) is 0 Å². The van der Waals surface area contributed by atoms with Crippen molar-refractivity contribution in [2.45, 2.75) is 38.6 Å². The maximum absolute atomic E-state index is 6.02. The minimum Gasteiger partial charge on any atom is -0.435 e. The van der Waals surface area contributed by atoms with Crippen LogP contribution in [0, 0.1) is 5.92 Å². The van der Waals surface area contributed by atoms with Crippen LogP contribution in [-0.4, -0.2) is 23.6 Å². The minimum absolute atomic E-state index is 0.622. The largest absolute Gasteiger partial charge is 0.435 e. The van der Waals surface area contributed by atoms with Crippen LogP contribution in [0.1, 0.15) is 38.2 Å². The van der Waals surface area contributed by atoms with Gasteiger partial charge in [0.2, 0.25) is 0 Å². The molecule has 2 atom stereocenters. The molecule has 0 saturated heterocycles. The molecule has 1 fully saturated rings. The molecule has 0 N–H and O–H groups in total. The summed E-state index contributed by atoms with van der Waals surface area (Å²) >= 11 is 0. The van der Waals surface area contributed by atoms with Gasteiger partial charge < -0.3 is 4.74 Å². The van der Waals surface area contributed by atoms with Gasteiger partial charge in [-0.3, -0.25) is 0 Å². The number of fused-ring (bicyclic) bond motifs is 1. The number of rotatable bonds is 2. The quantitative estimate of drug-likeness (QED) is 0.732. The second-order valence-corrected chi connectivity index (χ2v) is 6.86. The predicted octanol–water partition coefficient (Wildman–Crippen LogP) is 4.71. The molecule has 2 aromatic carbocycles. The van der Waals surface area contributed by atoms with E-state index >= 15 is 0 Å². The fourth-order valence-electron chi connectivity index (χ4n) is 3.93. The summed E-state index contributed by atoms with van der Waals surface area (Å²) in [6, 6.07) is 17.7. The number of hydrogen-bond acceptors (Lipinski definition) is 1. The number of nitrogens with zero attached hydrogens (tertiary/aromatic N) is 1. The van der Waals surface area contributed by atoms with Crippen molar-refractivity contribution in [3.05, 3.63) is 54.1 Å². The molecule has 0 radical (unpaired) electrons. The molecule has 2 heteroatoms. The van der Waals surface area contributed by atoms with Crippen molar-refractivity contribution in [3.63, 3.8) is 0 Å². The highest BCUT2D eigenvalue weighted by Gasteiger charge is 2.32. The van der Waals surface area contributed by atoms with Crippen molar-refractivity contribution in [2.75, 3.05) is 6.73 Å². The first kappa shape index (κ1) is 14.5. The SMILES string of the molecule is CC1CCCCC1[N+]1=Cc2cc(-c3ccccc3)ccc2OC1. The molecule has 23 heavy (non-hydrogen) atoms. The van der Waals surface area contributed by atoms with E-state index in [-0.39, 0.29) is 0 Å². The summed E-state index contributed by atoms with van der Waals surface area (Å²) in [6.07, 6.45) is 7.66. The van der Waals surface area contributed by atoms with Crippen molar-refractivity contribution in [3.8, 4) is 16.9 Å². The number of ether oxygens (including phenoxy) is 1. The molecule has 2 nitrogen and oxygen atoms in total. The second kappa shape index (κ2) is 6.19. The zero-order valence-corrected chi connectivity index (χ0v) is 13.7. The van der Waals surface area contributed by atoms with Crippen LogP contribution in [0.2, 0.25) is 0 Å². The van der Waals surface area contributed by atoms with E-state index in [1.165, 1.54) is 42.4 Å². The molecule has 1 aliphatic heterocycles. The van der Waals surface area contributed by atoms with E-state index in [9.17, 15) is 0 Å². The zero-order valence-electron chi connectivity index (χ0n) is 13.7. The van der Waals surface area contributed by atoms with E-state index in [0.717, 1.165) is 11.7 Å². The lowest BCUT2D eigenvalue weighted by Crippen LogP contribution is -2.39. The first-order valence-electron chi connectivity index (χ1n) is 8.74. The molecule has 0 spiro atoms. The molecular formula is C21H24NO+. The Bertz CT molecular complexity index is 720. The smallest absolute Gasteiger partial charge is 0.287 e. The highest BCUT2D eigenvalue weighted by molar-refractivity contribution is 5.84.